The number of hydrogen-bond acceptors (Lipinski definition) is 7. The number of para-hydroxylation sites is 2. The molecular formula is C24H22N4O3S. The summed E-state index contributed by atoms with van der Waals surface area (Å²) in [6.07, 6.45) is 3.62. The molecule has 4 aromatic rings. The van der Waals surface area contributed by atoms with Crippen LogP contribution in [0.3, 0.4) is 0 Å². The average molecular weight is 447 g/mol. The number of ether oxygens (including phenoxy) is 1. The third-order valence-corrected chi connectivity index (χ3v) is 6.49. The van der Waals surface area contributed by atoms with Crippen molar-refractivity contribution in [3.63, 3.8) is 0 Å². The van der Waals surface area contributed by atoms with Crippen LogP contribution in [-0.4, -0.2) is 32.9 Å². The van der Waals surface area contributed by atoms with Gasteiger partial charge < -0.3 is 4.74 Å². The quantitative estimate of drug-likeness (QED) is 0.265. The summed E-state index contributed by atoms with van der Waals surface area (Å²) in [6.45, 7) is 2.70. The molecule has 0 spiro atoms. The molecule has 0 aliphatic carbocycles. The summed E-state index contributed by atoms with van der Waals surface area (Å²) in [5.41, 5.74) is 1.90. The Bertz CT molecular complexity index is 1250. The minimum atomic E-state index is -0.436. The van der Waals surface area contributed by atoms with E-state index in [9.17, 15) is 10.1 Å². The molecule has 0 N–H and O–H groups in total. The third-order valence-electron chi connectivity index (χ3n) is 5.61. The van der Waals surface area contributed by atoms with Crippen molar-refractivity contribution < 1.29 is 9.66 Å². The Balaban J connectivity index is 1.61. The van der Waals surface area contributed by atoms with E-state index < -0.39 is 4.92 Å². The van der Waals surface area contributed by atoms with Gasteiger partial charge in [-0.1, -0.05) is 48.9 Å². The zero-order chi connectivity index (χ0) is 21.9. The van der Waals surface area contributed by atoms with Crippen LogP contribution in [0.25, 0.3) is 21.3 Å². The summed E-state index contributed by atoms with van der Waals surface area (Å²) in [7, 11) is 0. The molecule has 162 valence electrons. The van der Waals surface area contributed by atoms with Crippen molar-refractivity contribution in [2.45, 2.75) is 25.8 Å². The van der Waals surface area contributed by atoms with E-state index in [-0.39, 0.29) is 11.4 Å². The van der Waals surface area contributed by atoms with Gasteiger partial charge in [0.25, 0.3) is 0 Å². The van der Waals surface area contributed by atoms with Crippen molar-refractivity contribution in [3.8, 4) is 22.8 Å². The summed E-state index contributed by atoms with van der Waals surface area (Å²) in [4.78, 5) is 23.9. The highest BCUT2D eigenvalue weighted by atomic mass is 32.1. The van der Waals surface area contributed by atoms with Crippen molar-refractivity contribution in [2.24, 2.45) is 0 Å². The maximum Gasteiger partial charge on any atom is 0.311 e. The first-order valence-corrected chi connectivity index (χ1v) is 11.5. The van der Waals surface area contributed by atoms with Crippen LogP contribution in [0.15, 0.2) is 60.0 Å². The molecule has 32 heavy (non-hydrogen) atoms. The van der Waals surface area contributed by atoms with Crippen LogP contribution in [-0.2, 0) is 6.54 Å². The lowest BCUT2D eigenvalue weighted by molar-refractivity contribution is -0.385. The largest absolute Gasteiger partial charge is 0.431 e. The van der Waals surface area contributed by atoms with Crippen LogP contribution in [0.4, 0.5) is 5.69 Å². The maximum atomic E-state index is 11.5. The SMILES string of the molecule is O=[N+]([O-])c1ccccc1Oc1nc(CN2CCCCC2)nc2scc(-c3ccccc3)c12. The molecule has 1 saturated heterocycles. The topological polar surface area (TPSA) is 81.4 Å². The van der Waals surface area contributed by atoms with Gasteiger partial charge in [0.1, 0.15) is 10.7 Å². The lowest BCUT2D eigenvalue weighted by Crippen LogP contribution is -2.29. The first kappa shape index (κ1) is 20.5. The molecular weight excluding hydrogens is 424 g/mol. The highest BCUT2D eigenvalue weighted by Crippen LogP contribution is 2.41. The predicted octanol–water partition coefficient (Wildman–Crippen LogP) is 6.04. The van der Waals surface area contributed by atoms with E-state index in [1.807, 2.05) is 35.7 Å². The van der Waals surface area contributed by atoms with Crippen molar-refractivity contribution in [1.82, 2.24) is 14.9 Å². The summed E-state index contributed by atoms with van der Waals surface area (Å²) in [5, 5.41) is 14.4. The summed E-state index contributed by atoms with van der Waals surface area (Å²) in [6, 6.07) is 16.4. The molecule has 0 amide bonds. The fraction of sp³-hybridized carbons (Fsp3) is 0.250. The minimum Gasteiger partial charge on any atom is -0.431 e. The van der Waals surface area contributed by atoms with Crippen LogP contribution in [0.2, 0.25) is 0 Å². The predicted molar refractivity (Wildman–Crippen MR) is 125 cm³/mol. The number of hydrogen-bond donors (Lipinski definition) is 0. The molecule has 2 aromatic carbocycles. The summed E-state index contributed by atoms with van der Waals surface area (Å²) in [5.74, 6) is 1.21. The Hall–Kier alpha value is -3.36. The lowest BCUT2D eigenvalue weighted by Gasteiger charge is -2.25. The molecule has 8 heteroatoms. The monoisotopic (exact) mass is 446 g/mol. The molecule has 2 aromatic heterocycles. The lowest BCUT2D eigenvalue weighted by atomic mass is 10.1. The Morgan fingerprint density at radius 2 is 1.75 bits per heavy atom. The zero-order valence-corrected chi connectivity index (χ0v) is 18.3. The van der Waals surface area contributed by atoms with Crippen molar-refractivity contribution >= 4 is 27.2 Å². The van der Waals surface area contributed by atoms with Gasteiger partial charge in [0.15, 0.2) is 0 Å². The number of likely N-dealkylation sites (tertiary alicyclic amines) is 1. The zero-order valence-electron chi connectivity index (χ0n) is 17.4. The molecule has 5 rings (SSSR count). The molecule has 1 aliphatic heterocycles. The number of rotatable bonds is 6. The smallest absolute Gasteiger partial charge is 0.311 e. The number of nitrogens with zero attached hydrogens (tertiary/aromatic N) is 4. The molecule has 7 nitrogen and oxygen atoms in total. The average Bonchev–Trinajstić information content (AvgIpc) is 3.25. The number of thiophene rings is 1. The first-order chi connectivity index (χ1) is 15.7. The maximum absolute atomic E-state index is 11.5. The summed E-state index contributed by atoms with van der Waals surface area (Å²) < 4.78 is 6.13. The first-order valence-electron chi connectivity index (χ1n) is 10.7. The molecule has 0 unspecified atom stereocenters. The molecule has 1 aliphatic rings. The Kier molecular flexibility index (Phi) is 5.79. The van der Waals surface area contributed by atoms with E-state index in [4.69, 9.17) is 14.7 Å². The molecule has 0 saturated carbocycles. The van der Waals surface area contributed by atoms with Gasteiger partial charge >= 0.3 is 5.69 Å². The van der Waals surface area contributed by atoms with E-state index in [2.05, 4.69) is 4.90 Å². The van der Waals surface area contributed by atoms with Gasteiger partial charge in [-0.2, -0.15) is 4.98 Å². The van der Waals surface area contributed by atoms with Crippen LogP contribution >= 0.6 is 11.3 Å². The van der Waals surface area contributed by atoms with Gasteiger partial charge in [-0.05, 0) is 37.6 Å². The van der Waals surface area contributed by atoms with E-state index in [0.717, 1.165) is 34.4 Å². The van der Waals surface area contributed by atoms with Gasteiger partial charge in [0.2, 0.25) is 11.6 Å². The Labute approximate surface area is 189 Å². The van der Waals surface area contributed by atoms with Crippen LogP contribution < -0.4 is 4.74 Å². The molecule has 0 atom stereocenters. The van der Waals surface area contributed by atoms with E-state index in [0.29, 0.717) is 18.2 Å². The molecule has 0 radical (unpaired) electrons. The minimum absolute atomic E-state index is 0.0895. The number of benzene rings is 2. The van der Waals surface area contributed by atoms with Crippen LogP contribution in [0.1, 0.15) is 25.1 Å². The van der Waals surface area contributed by atoms with Crippen molar-refractivity contribution in [3.05, 3.63) is 75.9 Å². The van der Waals surface area contributed by atoms with Crippen LogP contribution in [0, 0.1) is 10.1 Å². The Morgan fingerprint density at radius 3 is 2.53 bits per heavy atom. The van der Waals surface area contributed by atoms with Crippen molar-refractivity contribution in [2.75, 3.05) is 13.1 Å². The second kappa shape index (κ2) is 9.02. The van der Waals surface area contributed by atoms with E-state index >= 15 is 0 Å². The molecule has 0 bridgehead atoms. The Morgan fingerprint density at radius 1 is 1.00 bits per heavy atom. The number of piperidine rings is 1. The van der Waals surface area contributed by atoms with Crippen molar-refractivity contribution in [1.29, 1.82) is 0 Å². The standard InChI is InChI=1S/C24H22N4O3S/c29-28(30)19-11-5-6-12-20(19)31-23-22-18(17-9-3-1-4-10-17)16-32-24(22)26-21(25-23)15-27-13-7-2-8-14-27/h1,3-6,9-12,16H,2,7-8,13-15H2. The molecule has 1 fully saturated rings. The fourth-order valence-corrected chi connectivity index (χ4v) is 5.00. The number of nitro benzene ring substituents is 1. The summed E-state index contributed by atoms with van der Waals surface area (Å²) >= 11 is 1.54. The number of fused-ring (bicyclic) bond motifs is 1. The van der Waals surface area contributed by atoms with Gasteiger partial charge in [-0.15, -0.1) is 11.3 Å². The van der Waals surface area contributed by atoms with E-state index in [1.54, 1.807) is 18.2 Å². The van der Waals surface area contributed by atoms with E-state index in [1.165, 1.54) is 36.7 Å². The second-order valence-electron chi connectivity index (χ2n) is 7.80. The van der Waals surface area contributed by atoms with Crippen LogP contribution in [0.5, 0.6) is 11.6 Å². The molecule has 3 heterocycles. The fourth-order valence-electron chi connectivity index (χ4n) is 4.04. The van der Waals surface area contributed by atoms with Gasteiger partial charge in [0, 0.05) is 17.0 Å². The second-order valence-corrected chi connectivity index (χ2v) is 8.66. The van der Waals surface area contributed by atoms with Gasteiger partial charge in [-0.25, -0.2) is 4.98 Å². The highest BCUT2D eigenvalue weighted by molar-refractivity contribution is 7.17. The third kappa shape index (κ3) is 4.19. The normalized spacial score (nSPS) is 14.5. The van der Waals surface area contributed by atoms with Gasteiger partial charge in [-0.3, -0.25) is 15.0 Å². The van der Waals surface area contributed by atoms with Gasteiger partial charge in [0.05, 0.1) is 16.9 Å². The number of aromatic nitrogens is 2. The number of nitro groups is 1. The highest BCUT2D eigenvalue weighted by Gasteiger charge is 2.22.